The van der Waals surface area contributed by atoms with Gasteiger partial charge in [-0.1, -0.05) is 0 Å². The van der Waals surface area contributed by atoms with E-state index in [9.17, 15) is 14.9 Å². The third-order valence-corrected chi connectivity index (χ3v) is 2.70. The average Bonchev–Trinajstić information content (AvgIpc) is 2.97. The molecule has 0 saturated carbocycles. The van der Waals surface area contributed by atoms with Gasteiger partial charge in [0.15, 0.2) is 0 Å². The van der Waals surface area contributed by atoms with Crippen LogP contribution in [0.25, 0.3) is 0 Å². The molecule has 2 rings (SSSR count). The molecule has 0 radical (unpaired) electrons. The first kappa shape index (κ1) is 13.2. The van der Waals surface area contributed by atoms with Gasteiger partial charge in [-0.25, -0.2) is 0 Å². The van der Waals surface area contributed by atoms with E-state index in [0.29, 0.717) is 5.76 Å². The molecule has 2 heterocycles. The summed E-state index contributed by atoms with van der Waals surface area (Å²) in [6, 6.07) is 3.43. The highest BCUT2D eigenvalue weighted by molar-refractivity contribution is 9.10. The van der Waals surface area contributed by atoms with E-state index in [1.807, 2.05) is 0 Å². The van der Waals surface area contributed by atoms with Crippen LogP contribution in [0.4, 0.5) is 5.95 Å². The van der Waals surface area contributed by atoms with E-state index < -0.39 is 10.9 Å². The molecule has 0 aliphatic rings. The van der Waals surface area contributed by atoms with E-state index in [1.165, 1.54) is 6.26 Å². The molecule has 0 spiro atoms. The first-order valence-corrected chi connectivity index (χ1v) is 5.89. The molecule has 0 aliphatic carbocycles. The molecule has 9 nitrogen and oxygen atoms in total. The molecule has 0 unspecified atom stereocenters. The summed E-state index contributed by atoms with van der Waals surface area (Å²) in [6.07, 6.45) is 1.50. The van der Waals surface area contributed by atoms with Crippen molar-refractivity contribution in [3.8, 4) is 0 Å². The molecule has 0 aromatic carbocycles. The zero-order valence-corrected chi connectivity index (χ0v) is 11.0. The fraction of sp³-hybridized carbons (Fsp3) is 0.222. The first-order valence-electron chi connectivity index (χ1n) is 5.10. The maximum atomic E-state index is 11.6. The van der Waals surface area contributed by atoms with E-state index in [0.717, 1.165) is 4.68 Å². The number of nitrogens with zero attached hydrogens (tertiary/aromatic N) is 4. The summed E-state index contributed by atoms with van der Waals surface area (Å²) in [5, 5.41) is 16.6. The highest BCUT2D eigenvalue weighted by Crippen LogP contribution is 2.11. The quantitative estimate of drug-likeness (QED) is 0.642. The van der Waals surface area contributed by atoms with Crippen LogP contribution in [-0.4, -0.2) is 25.6 Å². The van der Waals surface area contributed by atoms with Crippen molar-refractivity contribution in [3.63, 3.8) is 0 Å². The van der Waals surface area contributed by atoms with Gasteiger partial charge in [-0.3, -0.25) is 4.79 Å². The number of carbonyl (C=O) groups is 1. The standard InChI is InChI=1S/C9H8BrN5O4/c10-8-12-9(15(17)18)13-14(8)5-7(16)11-4-6-2-1-3-19-6/h1-3H,4-5H2,(H,11,16). The molecule has 2 aromatic heterocycles. The van der Waals surface area contributed by atoms with Crippen LogP contribution < -0.4 is 5.32 Å². The van der Waals surface area contributed by atoms with Crippen molar-refractivity contribution in [2.75, 3.05) is 0 Å². The molecule has 0 atom stereocenters. The monoisotopic (exact) mass is 329 g/mol. The molecule has 0 aliphatic heterocycles. The molecular weight excluding hydrogens is 322 g/mol. The second kappa shape index (κ2) is 5.61. The SMILES string of the molecule is O=C(Cn1nc([N+](=O)[O-])nc1Br)NCc1ccco1. The molecular formula is C9H8BrN5O4. The number of hydrogen-bond acceptors (Lipinski definition) is 6. The van der Waals surface area contributed by atoms with Crippen molar-refractivity contribution in [2.45, 2.75) is 13.1 Å². The number of halogens is 1. The third kappa shape index (κ3) is 3.37. The van der Waals surface area contributed by atoms with Crippen LogP contribution in [0.3, 0.4) is 0 Å². The van der Waals surface area contributed by atoms with Gasteiger partial charge in [0.25, 0.3) is 4.73 Å². The predicted molar refractivity (Wildman–Crippen MR) is 64.9 cm³/mol. The minimum Gasteiger partial charge on any atom is -0.467 e. The zero-order valence-electron chi connectivity index (χ0n) is 9.45. The Morgan fingerprint density at radius 1 is 1.63 bits per heavy atom. The lowest BCUT2D eigenvalue weighted by Gasteiger charge is -2.01. The number of hydrogen-bond donors (Lipinski definition) is 1. The molecule has 0 bridgehead atoms. The van der Waals surface area contributed by atoms with E-state index in [2.05, 4.69) is 31.3 Å². The van der Waals surface area contributed by atoms with Gasteiger partial charge in [-0.05, 0) is 22.0 Å². The number of amides is 1. The second-order valence-corrected chi connectivity index (χ2v) is 4.16. The van der Waals surface area contributed by atoms with Gasteiger partial charge in [-0.15, -0.1) is 0 Å². The molecule has 0 fully saturated rings. The Hall–Kier alpha value is -2.23. The minimum atomic E-state index is -0.734. The lowest BCUT2D eigenvalue weighted by Crippen LogP contribution is -2.27. The minimum absolute atomic E-state index is 0.118. The summed E-state index contributed by atoms with van der Waals surface area (Å²) in [7, 11) is 0. The number of nitrogens with one attached hydrogen (secondary N) is 1. The van der Waals surface area contributed by atoms with Crippen molar-refractivity contribution in [2.24, 2.45) is 0 Å². The summed E-state index contributed by atoms with van der Waals surface area (Å²) >= 11 is 2.99. The summed E-state index contributed by atoms with van der Waals surface area (Å²) < 4.78 is 6.26. The number of aromatic nitrogens is 3. The van der Waals surface area contributed by atoms with Gasteiger partial charge in [0, 0.05) is 21.0 Å². The van der Waals surface area contributed by atoms with Crippen LogP contribution in [0.2, 0.25) is 0 Å². The Bertz CT molecular complexity index is 594. The molecule has 19 heavy (non-hydrogen) atoms. The van der Waals surface area contributed by atoms with E-state index in [1.54, 1.807) is 12.1 Å². The fourth-order valence-electron chi connectivity index (χ4n) is 1.28. The van der Waals surface area contributed by atoms with Crippen molar-refractivity contribution in [3.05, 3.63) is 39.0 Å². The Kier molecular flexibility index (Phi) is 3.90. The maximum absolute atomic E-state index is 11.6. The summed E-state index contributed by atoms with van der Waals surface area (Å²) in [6.45, 7) is 0.0579. The fourth-order valence-corrected chi connectivity index (χ4v) is 1.64. The largest absolute Gasteiger partial charge is 0.492 e. The molecule has 1 N–H and O–H groups in total. The molecule has 10 heteroatoms. The number of furan rings is 1. The maximum Gasteiger partial charge on any atom is 0.492 e. The van der Waals surface area contributed by atoms with Gasteiger partial charge in [0.2, 0.25) is 5.91 Å². The smallest absolute Gasteiger partial charge is 0.467 e. The Morgan fingerprint density at radius 3 is 3.00 bits per heavy atom. The normalized spacial score (nSPS) is 10.4. The van der Waals surface area contributed by atoms with Crippen LogP contribution in [0, 0.1) is 10.1 Å². The molecule has 100 valence electrons. The average molecular weight is 330 g/mol. The van der Waals surface area contributed by atoms with Crippen molar-refractivity contribution in [1.82, 2.24) is 20.1 Å². The highest BCUT2D eigenvalue weighted by Gasteiger charge is 2.21. The molecule has 2 aromatic rings. The van der Waals surface area contributed by atoms with Gasteiger partial charge < -0.3 is 19.8 Å². The van der Waals surface area contributed by atoms with E-state index in [-0.39, 0.29) is 23.7 Å². The third-order valence-electron chi connectivity index (χ3n) is 2.11. The van der Waals surface area contributed by atoms with E-state index >= 15 is 0 Å². The first-order chi connectivity index (χ1) is 9.06. The van der Waals surface area contributed by atoms with Crippen LogP contribution in [0.1, 0.15) is 5.76 Å². The number of rotatable bonds is 5. The highest BCUT2D eigenvalue weighted by atomic mass is 79.9. The second-order valence-electron chi connectivity index (χ2n) is 3.45. The summed E-state index contributed by atoms with van der Waals surface area (Å²) in [5.74, 6) is -0.320. The van der Waals surface area contributed by atoms with Gasteiger partial charge in [0.05, 0.1) is 12.8 Å². The van der Waals surface area contributed by atoms with Crippen LogP contribution >= 0.6 is 15.9 Å². The Labute approximate surface area is 114 Å². The van der Waals surface area contributed by atoms with Crippen molar-refractivity contribution >= 4 is 27.8 Å². The zero-order chi connectivity index (χ0) is 13.8. The lowest BCUT2D eigenvalue weighted by molar-refractivity contribution is -0.394. The lowest BCUT2D eigenvalue weighted by atomic mass is 10.4. The number of nitro groups is 1. The van der Waals surface area contributed by atoms with Gasteiger partial charge in [0.1, 0.15) is 12.3 Å². The van der Waals surface area contributed by atoms with Crippen LogP contribution in [-0.2, 0) is 17.9 Å². The Morgan fingerprint density at radius 2 is 2.42 bits per heavy atom. The summed E-state index contributed by atoms with van der Waals surface area (Å²) in [4.78, 5) is 24.9. The van der Waals surface area contributed by atoms with Gasteiger partial charge in [-0.2, -0.15) is 4.68 Å². The topological polar surface area (TPSA) is 116 Å². The van der Waals surface area contributed by atoms with Gasteiger partial charge >= 0.3 is 5.95 Å². The van der Waals surface area contributed by atoms with Crippen molar-refractivity contribution in [1.29, 1.82) is 0 Å². The van der Waals surface area contributed by atoms with Crippen LogP contribution in [0.15, 0.2) is 27.5 Å². The Balaban J connectivity index is 1.93. The van der Waals surface area contributed by atoms with Crippen molar-refractivity contribution < 1.29 is 14.1 Å². The molecule has 0 saturated heterocycles. The predicted octanol–water partition coefficient (Wildman–Crippen LogP) is 0.858. The summed E-state index contributed by atoms with van der Waals surface area (Å²) in [5.41, 5.74) is 0. The van der Waals surface area contributed by atoms with E-state index in [4.69, 9.17) is 4.42 Å². The van der Waals surface area contributed by atoms with Crippen LogP contribution in [0.5, 0.6) is 0 Å². The molecule has 1 amide bonds. The number of carbonyl (C=O) groups excluding carboxylic acids is 1.